The average molecular weight is 368 g/mol. The molecule has 1 aromatic carbocycles. The summed E-state index contributed by atoms with van der Waals surface area (Å²) >= 11 is 16.0. The van der Waals surface area contributed by atoms with E-state index in [1.165, 1.54) is 0 Å². The van der Waals surface area contributed by atoms with Gasteiger partial charge in [-0.3, -0.25) is 4.57 Å². The highest BCUT2D eigenvalue weighted by Gasteiger charge is 2.22. The maximum absolute atomic E-state index is 11.6. The van der Waals surface area contributed by atoms with Crippen molar-refractivity contribution in [3.8, 4) is 0 Å². The first kappa shape index (κ1) is 16.8. The lowest BCUT2D eigenvalue weighted by molar-refractivity contribution is 0.330. The predicted octanol–water partition coefficient (Wildman–Crippen LogP) is 3.30. The van der Waals surface area contributed by atoms with Crippen LogP contribution in [0.15, 0.2) is 22.7 Å². The highest BCUT2D eigenvalue weighted by atomic mass is 35.5. The Morgan fingerprint density at radius 2 is 2.24 bits per heavy atom. The van der Waals surface area contributed by atoms with Crippen LogP contribution >= 0.6 is 43.9 Å². The molecule has 0 spiro atoms. The molecule has 0 saturated carbocycles. The summed E-state index contributed by atoms with van der Waals surface area (Å²) in [5.41, 5.74) is 5.96. The highest BCUT2D eigenvalue weighted by Crippen LogP contribution is 2.43. The van der Waals surface area contributed by atoms with Crippen LogP contribution in [-0.4, -0.2) is 16.9 Å². The van der Waals surface area contributed by atoms with Gasteiger partial charge < -0.3 is 14.8 Å². The van der Waals surface area contributed by atoms with E-state index in [1.54, 1.807) is 18.2 Å². The van der Waals surface area contributed by atoms with Crippen molar-refractivity contribution in [2.24, 2.45) is 5.73 Å². The van der Waals surface area contributed by atoms with Crippen molar-refractivity contribution in [2.75, 3.05) is 6.73 Å². The van der Waals surface area contributed by atoms with Gasteiger partial charge in [0.15, 0.2) is 10.8 Å². The van der Waals surface area contributed by atoms with Crippen LogP contribution in [0.25, 0.3) is 0 Å². The van der Waals surface area contributed by atoms with Crippen molar-refractivity contribution >= 4 is 43.9 Å². The van der Waals surface area contributed by atoms with Gasteiger partial charge in [-0.25, -0.2) is 0 Å². The van der Waals surface area contributed by atoms with Crippen LogP contribution in [0.1, 0.15) is 22.3 Å². The van der Waals surface area contributed by atoms with Gasteiger partial charge in [0.1, 0.15) is 6.73 Å². The largest absolute Gasteiger partial charge is 0.337 e. The Hall–Kier alpha value is -0.560. The minimum atomic E-state index is -2.49. The second-order valence-electron chi connectivity index (χ2n) is 3.99. The van der Waals surface area contributed by atoms with E-state index < -0.39 is 13.0 Å². The summed E-state index contributed by atoms with van der Waals surface area (Å²) in [5.74, 6) is 0.520. The molecule has 10 heteroatoms. The van der Waals surface area contributed by atoms with E-state index >= 15 is 0 Å². The molecule has 0 aliphatic rings. The molecule has 0 aliphatic heterocycles. The molecule has 21 heavy (non-hydrogen) atoms. The van der Waals surface area contributed by atoms with Crippen LogP contribution in [0.2, 0.25) is 10.0 Å². The van der Waals surface area contributed by atoms with Gasteiger partial charge in [0.05, 0.1) is 0 Å². The number of hydrogen-bond acceptors (Lipinski definition) is 7. The molecule has 0 amide bonds. The summed E-state index contributed by atoms with van der Waals surface area (Å²) in [5, 5.41) is 4.86. The summed E-state index contributed by atoms with van der Waals surface area (Å²) in [7, 11) is -2.49. The van der Waals surface area contributed by atoms with E-state index in [1.807, 2.05) is 0 Å². The molecule has 0 bridgehead atoms. The van der Waals surface area contributed by atoms with Crippen molar-refractivity contribution < 1.29 is 13.6 Å². The van der Waals surface area contributed by atoms with E-state index in [0.717, 1.165) is 5.56 Å². The van der Waals surface area contributed by atoms with E-state index in [0.29, 0.717) is 22.3 Å². The third kappa shape index (κ3) is 4.45. The van der Waals surface area contributed by atoms with Crippen LogP contribution in [0.4, 0.5) is 0 Å². The van der Waals surface area contributed by atoms with Crippen molar-refractivity contribution in [1.82, 2.24) is 10.1 Å². The zero-order chi connectivity index (χ0) is 15.4. The van der Waals surface area contributed by atoms with Crippen molar-refractivity contribution in [2.45, 2.75) is 11.4 Å². The fourth-order valence-corrected chi connectivity index (χ4v) is 2.99. The van der Waals surface area contributed by atoms with Crippen molar-refractivity contribution in [3.05, 3.63) is 45.5 Å². The van der Waals surface area contributed by atoms with E-state index in [4.69, 9.17) is 38.0 Å². The molecular weight excluding hydrogens is 356 g/mol. The SMILES string of the molecule is NCO[PH](=O)C(S)c1nc(Cc2ccc(Cl)cc2Cl)no1. The Labute approximate surface area is 137 Å². The Kier molecular flexibility index (Phi) is 6.10. The first-order chi connectivity index (χ1) is 10.0. The minimum Gasteiger partial charge on any atom is -0.337 e. The normalized spacial score (nSPS) is 14.1. The fourth-order valence-electron chi connectivity index (χ4n) is 1.55. The van der Waals surface area contributed by atoms with Gasteiger partial charge in [0.25, 0.3) is 0 Å². The molecule has 0 fully saturated rings. The third-order valence-electron chi connectivity index (χ3n) is 2.53. The highest BCUT2D eigenvalue weighted by molar-refractivity contribution is 7.87. The lowest BCUT2D eigenvalue weighted by Gasteiger charge is -2.04. The van der Waals surface area contributed by atoms with Crippen LogP contribution < -0.4 is 5.73 Å². The molecule has 0 saturated heterocycles. The second kappa shape index (κ2) is 7.63. The number of aromatic nitrogens is 2. The quantitative estimate of drug-likeness (QED) is 0.462. The molecular formula is C11H12Cl2N3O3PS. The molecule has 2 N–H and O–H groups in total. The van der Waals surface area contributed by atoms with Gasteiger partial charge in [-0.2, -0.15) is 17.6 Å². The number of halogens is 2. The minimum absolute atomic E-state index is 0.121. The molecule has 6 nitrogen and oxygen atoms in total. The van der Waals surface area contributed by atoms with Gasteiger partial charge >= 0.3 is 0 Å². The first-order valence-corrected chi connectivity index (χ1v) is 8.49. The van der Waals surface area contributed by atoms with Crippen LogP contribution in [0, 0.1) is 0 Å². The maximum Gasteiger partial charge on any atom is 0.249 e. The molecule has 2 atom stereocenters. The number of benzene rings is 1. The number of thiol groups is 1. The summed E-state index contributed by atoms with van der Waals surface area (Å²) in [4.78, 5) is 3.34. The topological polar surface area (TPSA) is 91.2 Å². The zero-order valence-electron chi connectivity index (χ0n) is 10.6. The molecule has 114 valence electrons. The lowest BCUT2D eigenvalue weighted by Crippen LogP contribution is -2.00. The summed E-state index contributed by atoms with van der Waals surface area (Å²) in [6.45, 7) is -0.157. The Bertz CT molecular complexity index is 655. The molecule has 2 unspecified atom stereocenters. The van der Waals surface area contributed by atoms with Gasteiger partial charge in [-0.05, 0) is 17.7 Å². The van der Waals surface area contributed by atoms with Crippen molar-refractivity contribution in [3.63, 3.8) is 0 Å². The number of nitrogens with two attached hydrogens (primary N) is 1. The molecule has 1 aromatic heterocycles. The summed E-state index contributed by atoms with van der Waals surface area (Å²) in [6.07, 6.45) is 0.360. The third-order valence-corrected chi connectivity index (χ3v) is 5.12. The smallest absolute Gasteiger partial charge is 0.249 e. The second-order valence-corrected chi connectivity index (χ2v) is 7.34. The molecule has 2 rings (SSSR count). The van der Waals surface area contributed by atoms with Gasteiger partial charge in [0, 0.05) is 16.5 Å². The average Bonchev–Trinajstić information content (AvgIpc) is 2.90. The van der Waals surface area contributed by atoms with Crippen molar-refractivity contribution in [1.29, 1.82) is 0 Å². The Morgan fingerprint density at radius 3 is 2.90 bits per heavy atom. The standard InChI is InChI=1S/C11H12Cl2N3O3PS/c12-7-2-1-6(8(13)4-7)3-9-15-10(19-16-9)11(21)20(17)18-5-14/h1-2,4,11,20-21H,3,5,14H2. The number of nitrogens with zero attached hydrogens (tertiary/aromatic N) is 2. The first-order valence-electron chi connectivity index (χ1n) is 5.82. The Morgan fingerprint density at radius 1 is 1.48 bits per heavy atom. The Balaban J connectivity index is 2.11. The number of rotatable bonds is 6. The van der Waals surface area contributed by atoms with Crippen LogP contribution in [0.3, 0.4) is 0 Å². The van der Waals surface area contributed by atoms with Gasteiger partial charge in [0.2, 0.25) is 13.9 Å². The molecule has 0 radical (unpaired) electrons. The van der Waals surface area contributed by atoms with E-state index in [2.05, 4.69) is 22.8 Å². The monoisotopic (exact) mass is 367 g/mol. The van der Waals surface area contributed by atoms with E-state index in [9.17, 15) is 4.57 Å². The molecule has 2 aromatic rings. The van der Waals surface area contributed by atoms with Gasteiger partial charge in [-0.1, -0.05) is 34.4 Å². The maximum atomic E-state index is 11.6. The number of hydrogen-bond donors (Lipinski definition) is 2. The summed E-state index contributed by atoms with van der Waals surface area (Å²) < 4.78 is 21.5. The summed E-state index contributed by atoms with van der Waals surface area (Å²) in [6, 6.07) is 5.13. The predicted molar refractivity (Wildman–Crippen MR) is 84.4 cm³/mol. The van der Waals surface area contributed by atoms with Gasteiger partial charge in [-0.15, -0.1) is 0 Å². The lowest BCUT2D eigenvalue weighted by atomic mass is 10.1. The van der Waals surface area contributed by atoms with E-state index in [-0.39, 0.29) is 12.6 Å². The molecule has 0 aliphatic carbocycles. The van der Waals surface area contributed by atoms with Crippen LogP contribution in [-0.2, 0) is 15.5 Å². The molecule has 1 heterocycles. The van der Waals surface area contributed by atoms with Crippen LogP contribution in [0.5, 0.6) is 0 Å². The fraction of sp³-hybridized carbons (Fsp3) is 0.273. The zero-order valence-corrected chi connectivity index (χ0v) is 14.0.